The molecular formula is C46H48N6O9. The fraction of sp³-hybridized carbons (Fsp3) is 0.283. The Morgan fingerprint density at radius 1 is 0.869 bits per heavy atom. The van der Waals surface area contributed by atoms with Gasteiger partial charge in [0.05, 0.1) is 36.7 Å². The number of rotatable bonds is 13. The molecule has 316 valence electrons. The average Bonchev–Trinajstić information content (AvgIpc) is 3.81. The Hall–Kier alpha value is -7.13. The molecule has 0 saturated heterocycles. The number of nitrogens with zero attached hydrogens (tertiary/aromatic N) is 4. The number of esters is 1. The van der Waals surface area contributed by atoms with E-state index in [1.807, 2.05) is 49.5 Å². The molecule has 7 rings (SSSR count). The van der Waals surface area contributed by atoms with Gasteiger partial charge in [-0.15, -0.1) is 0 Å². The van der Waals surface area contributed by atoms with Crippen molar-refractivity contribution in [2.24, 2.45) is 14.1 Å². The number of anilines is 3. The van der Waals surface area contributed by atoms with Crippen LogP contribution in [0.4, 0.5) is 21.9 Å². The van der Waals surface area contributed by atoms with E-state index in [-0.39, 0.29) is 37.4 Å². The zero-order valence-corrected chi connectivity index (χ0v) is 34.7. The van der Waals surface area contributed by atoms with E-state index in [0.717, 1.165) is 22.3 Å². The third-order valence-corrected chi connectivity index (χ3v) is 10.9. The molecule has 2 aliphatic heterocycles. The highest BCUT2D eigenvalue weighted by Crippen LogP contribution is 2.40. The van der Waals surface area contributed by atoms with Gasteiger partial charge in [-0.3, -0.25) is 14.4 Å². The first-order valence-corrected chi connectivity index (χ1v) is 19.8. The fourth-order valence-electron chi connectivity index (χ4n) is 7.82. The number of hydrogen-bond donors (Lipinski definition) is 2. The van der Waals surface area contributed by atoms with Crippen LogP contribution >= 0.6 is 0 Å². The third-order valence-electron chi connectivity index (χ3n) is 10.9. The van der Waals surface area contributed by atoms with Gasteiger partial charge in [-0.25, -0.2) is 14.5 Å². The van der Waals surface area contributed by atoms with E-state index in [4.69, 9.17) is 18.9 Å². The monoisotopic (exact) mass is 828 g/mol. The molecule has 61 heavy (non-hydrogen) atoms. The van der Waals surface area contributed by atoms with E-state index in [0.29, 0.717) is 64.7 Å². The molecule has 1 unspecified atom stereocenters. The van der Waals surface area contributed by atoms with Crippen molar-refractivity contribution in [1.82, 2.24) is 14.0 Å². The standard InChI is InChI=1S/C46H48N6O9/c1-7-18-61-46(57)52-36-24-40(28(2)20-35(36)43(55)51-26-31-12-9-8-11-30(31)21-38(51)44(52)58-5)60-19-10-13-41(53)47-34-23-37(50(4)27-34)42(54)48-33-16-14-29(15-17-33)32-22-39(45(56)59-6)49(3)25-32/h7-9,11-12,14-17,20,22-25,27,38,44H,1,10,13,18-19,21,26H2,2-6H3,(H,47,53)(H,48,54)/t38-,44?/m0/s1. The van der Waals surface area contributed by atoms with Gasteiger partial charge in [-0.1, -0.05) is 49.1 Å². The summed E-state index contributed by atoms with van der Waals surface area (Å²) in [5.41, 5.74) is 6.88. The van der Waals surface area contributed by atoms with Gasteiger partial charge in [0, 0.05) is 63.9 Å². The molecule has 2 aliphatic rings. The van der Waals surface area contributed by atoms with E-state index in [1.54, 1.807) is 70.7 Å². The Labute approximate surface area is 353 Å². The van der Waals surface area contributed by atoms with Crippen molar-refractivity contribution in [3.8, 4) is 16.9 Å². The molecule has 0 fully saturated rings. The Bertz CT molecular complexity index is 2500. The molecule has 15 nitrogen and oxygen atoms in total. The Kier molecular flexibility index (Phi) is 12.4. The normalized spacial score (nSPS) is 15.5. The number of amides is 4. The molecule has 2 aromatic heterocycles. The lowest BCUT2D eigenvalue weighted by molar-refractivity contribution is -0.116. The van der Waals surface area contributed by atoms with Crippen LogP contribution in [0.15, 0.2) is 97.8 Å². The van der Waals surface area contributed by atoms with Crippen molar-refractivity contribution in [3.05, 3.63) is 131 Å². The van der Waals surface area contributed by atoms with Crippen LogP contribution in [0, 0.1) is 6.92 Å². The first-order valence-electron chi connectivity index (χ1n) is 19.8. The van der Waals surface area contributed by atoms with E-state index in [9.17, 15) is 24.0 Å². The molecule has 3 aromatic carbocycles. The van der Waals surface area contributed by atoms with Crippen molar-refractivity contribution in [1.29, 1.82) is 0 Å². The lowest BCUT2D eigenvalue weighted by atomic mass is 9.92. The molecule has 0 saturated carbocycles. The minimum absolute atomic E-state index is 0.0335. The van der Waals surface area contributed by atoms with E-state index < -0.39 is 24.3 Å². The van der Waals surface area contributed by atoms with Crippen LogP contribution < -0.4 is 20.3 Å². The first kappa shape index (κ1) is 42.0. The van der Waals surface area contributed by atoms with Gasteiger partial charge in [0.15, 0.2) is 6.23 Å². The Balaban J connectivity index is 0.975. The van der Waals surface area contributed by atoms with Crippen LogP contribution in [0.1, 0.15) is 60.9 Å². The van der Waals surface area contributed by atoms with E-state index in [1.165, 1.54) is 25.2 Å². The van der Waals surface area contributed by atoms with Crippen molar-refractivity contribution in [2.75, 3.05) is 43.0 Å². The lowest BCUT2D eigenvalue weighted by Gasteiger charge is -2.41. The number of carbonyl (C=O) groups is 5. The molecule has 0 bridgehead atoms. The number of aromatic nitrogens is 2. The van der Waals surface area contributed by atoms with E-state index >= 15 is 0 Å². The number of benzene rings is 3. The van der Waals surface area contributed by atoms with Crippen LogP contribution in [0.3, 0.4) is 0 Å². The summed E-state index contributed by atoms with van der Waals surface area (Å²) in [6.45, 7) is 5.98. The summed E-state index contributed by atoms with van der Waals surface area (Å²) >= 11 is 0. The minimum Gasteiger partial charge on any atom is -0.493 e. The molecule has 0 aliphatic carbocycles. The number of ether oxygens (including phenoxy) is 4. The zero-order chi connectivity index (χ0) is 43.4. The van der Waals surface area contributed by atoms with E-state index in [2.05, 4.69) is 17.2 Å². The SMILES string of the molecule is C=CCOC(=O)N1c2cc(OCCCC(=O)Nc3cc(C(=O)Nc4ccc(-c5cc(C(=O)OC)n(C)c5)cc4)n(C)c3)c(C)cc2C(=O)N2Cc3ccccc3C[C@H]2C1OC. The second-order valence-corrected chi connectivity index (χ2v) is 14.9. The van der Waals surface area contributed by atoms with Crippen LogP contribution in [-0.4, -0.2) is 83.5 Å². The maximum absolute atomic E-state index is 14.3. The van der Waals surface area contributed by atoms with Crippen molar-refractivity contribution in [2.45, 2.75) is 45.0 Å². The molecule has 5 aromatic rings. The summed E-state index contributed by atoms with van der Waals surface area (Å²) in [6, 6.07) is 21.4. The molecule has 2 atom stereocenters. The quantitative estimate of drug-likeness (QED) is 0.0734. The summed E-state index contributed by atoms with van der Waals surface area (Å²) in [4.78, 5) is 69.4. The number of hydrogen-bond acceptors (Lipinski definition) is 9. The first-order chi connectivity index (χ1) is 29.4. The summed E-state index contributed by atoms with van der Waals surface area (Å²) in [5, 5.41) is 5.74. The maximum atomic E-state index is 14.3. The Morgan fingerprint density at radius 3 is 2.33 bits per heavy atom. The summed E-state index contributed by atoms with van der Waals surface area (Å²) in [7, 11) is 6.32. The largest absolute Gasteiger partial charge is 0.493 e. The molecular weight excluding hydrogens is 781 g/mol. The Morgan fingerprint density at radius 2 is 1.61 bits per heavy atom. The van der Waals surface area contributed by atoms with Gasteiger partial charge >= 0.3 is 12.1 Å². The number of methoxy groups -OCH3 is 2. The maximum Gasteiger partial charge on any atom is 0.416 e. The highest BCUT2D eigenvalue weighted by atomic mass is 16.6. The number of nitrogens with one attached hydrogen (secondary N) is 2. The molecule has 4 amide bonds. The molecule has 2 N–H and O–H groups in total. The summed E-state index contributed by atoms with van der Waals surface area (Å²) < 4.78 is 25.8. The smallest absolute Gasteiger partial charge is 0.416 e. The third kappa shape index (κ3) is 8.77. The van der Waals surface area contributed by atoms with Gasteiger partial charge in [0.1, 0.15) is 23.7 Å². The number of aryl methyl sites for hydroxylation is 3. The summed E-state index contributed by atoms with van der Waals surface area (Å²) in [6.07, 6.45) is 4.36. The number of carbonyl (C=O) groups excluding carboxylic acids is 5. The van der Waals surface area contributed by atoms with Gasteiger partial charge in [0.2, 0.25) is 5.91 Å². The van der Waals surface area contributed by atoms with Gasteiger partial charge in [-0.2, -0.15) is 0 Å². The van der Waals surface area contributed by atoms with Crippen molar-refractivity contribution >= 4 is 46.8 Å². The van der Waals surface area contributed by atoms with Gasteiger partial charge < -0.3 is 43.6 Å². The second-order valence-electron chi connectivity index (χ2n) is 14.9. The highest BCUT2D eigenvalue weighted by molar-refractivity contribution is 6.06. The average molecular weight is 829 g/mol. The molecule has 15 heteroatoms. The van der Waals surface area contributed by atoms with Crippen molar-refractivity contribution < 1.29 is 42.9 Å². The highest BCUT2D eigenvalue weighted by Gasteiger charge is 2.46. The fourth-order valence-corrected chi connectivity index (χ4v) is 7.82. The van der Waals surface area contributed by atoms with Crippen LogP contribution in [0.2, 0.25) is 0 Å². The molecule has 0 radical (unpaired) electrons. The van der Waals surface area contributed by atoms with Crippen LogP contribution in [-0.2, 0) is 46.1 Å². The predicted molar refractivity (Wildman–Crippen MR) is 229 cm³/mol. The molecule has 0 spiro atoms. The predicted octanol–water partition coefficient (Wildman–Crippen LogP) is 6.86. The van der Waals surface area contributed by atoms with Crippen LogP contribution in [0.5, 0.6) is 5.75 Å². The van der Waals surface area contributed by atoms with Gasteiger partial charge in [-0.05, 0) is 72.4 Å². The van der Waals surface area contributed by atoms with Gasteiger partial charge in [0.25, 0.3) is 11.8 Å². The minimum atomic E-state index is -0.864. The topological polar surface area (TPSA) is 163 Å². The van der Waals surface area contributed by atoms with Crippen molar-refractivity contribution in [3.63, 3.8) is 0 Å². The summed E-state index contributed by atoms with van der Waals surface area (Å²) in [5.74, 6) is -0.860. The lowest BCUT2D eigenvalue weighted by Crippen LogP contribution is -2.56. The van der Waals surface area contributed by atoms with Crippen LogP contribution in [0.25, 0.3) is 11.1 Å². The number of fused-ring (bicyclic) bond motifs is 3. The second kappa shape index (κ2) is 18.0. The molecule has 4 heterocycles. The zero-order valence-electron chi connectivity index (χ0n) is 34.7.